The van der Waals surface area contributed by atoms with E-state index in [1.165, 1.54) is 7.11 Å². The zero-order chi connectivity index (χ0) is 16.0. The van der Waals surface area contributed by atoms with Gasteiger partial charge in [-0.3, -0.25) is 9.59 Å². The van der Waals surface area contributed by atoms with Crippen LogP contribution >= 0.6 is 28.3 Å². The van der Waals surface area contributed by atoms with Crippen LogP contribution in [0.4, 0.5) is 0 Å². The number of carbonyl (C=O) groups is 2. The molecule has 0 saturated heterocycles. The predicted molar refractivity (Wildman–Crippen MR) is 92.8 cm³/mol. The lowest BCUT2D eigenvalue weighted by Crippen LogP contribution is -2.39. The van der Waals surface area contributed by atoms with Crippen LogP contribution in [-0.2, 0) is 4.79 Å². The van der Waals surface area contributed by atoms with Crippen molar-refractivity contribution in [2.45, 2.75) is 25.8 Å². The number of amides is 1. The zero-order valence-electron chi connectivity index (χ0n) is 13.0. The molecule has 1 amide bonds. The maximum Gasteiger partial charge on any atom is 0.223 e. The standard InChI is InChI=1S/C15H21BrN2O3.ClH/c1-10(9-17)18(2)15(20)7-5-13(19)12-8-11(16)4-6-14(12)21-3;/h4,6,8,10H,5,7,9,17H2,1-3H3;1H. The Morgan fingerprint density at radius 1 is 1.36 bits per heavy atom. The quantitative estimate of drug-likeness (QED) is 0.723. The van der Waals surface area contributed by atoms with Crippen molar-refractivity contribution in [2.75, 3.05) is 20.7 Å². The third-order valence-electron chi connectivity index (χ3n) is 3.42. The SMILES string of the molecule is COc1ccc(Br)cc1C(=O)CCC(=O)N(C)C(C)CN.Cl. The third-order valence-corrected chi connectivity index (χ3v) is 3.92. The molecule has 0 aromatic heterocycles. The summed E-state index contributed by atoms with van der Waals surface area (Å²) in [5, 5.41) is 0. The van der Waals surface area contributed by atoms with Gasteiger partial charge in [0.05, 0.1) is 12.7 Å². The zero-order valence-corrected chi connectivity index (χ0v) is 15.4. The van der Waals surface area contributed by atoms with Gasteiger partial charge in [-0.2, -0.15) is 0 Å². The number of rotatable bonds is 7. The summed E-state index contributed by atoms with van der Waals surface area (Å²) in [7, 11) is 3.21. The molecule has 22 heavy (non-hydrogen) atoms. The van der Waals surface area contributed by atoms with Crippen molar-refractivity contribution < 1.29 is 14.3 Å². The van der Waals surface area contributed by atoms with E-state index in [-0.39, 0.29) is 43.0 Å². The van der Waals surface area contributed by atoms with E-state index in [2.05, 4.69) is 15.9 Å². The van der Waals surface area contributed by atoms with Crippen molar-refractivity contribution in [3.8, 4) is 5.75 Å². The molecular formula is C15H22BrClN2O3. The number of ketones is 1. The molecule has 0 spiro atoms. The van der Waals surface area contributed by atoms with Crippen LogP contribution in [0.5, 0.6) is 5.75 Å². The first-order valence-corrected chi connectivity index (χ1v) is 7.52. The first-order chi connectivity index (χ1) is 9.90. The number of likely N-dealkylation sites (N-methyl/N-ethyl adjacent to an activating group) is 1. The Balaban J connectivity index is 0.00000441. The number of Topliss-reactive ketones (excluding diaryl/α,β-unsaturated/α-hetero) is 1. The number of methoxy groups -OCH3 is 1. The molecule has 1 aromatic rings. The van der Waals surface area contributed by atoms with Crippen LogP contribution in [0.3, 0.4) is 0 Å². The summed E-state index contributed by atoms with van der Waals surface area (Å²) in [5.41, 5.74) is 6.01. The largest absolute Gasteiger partial charge is 0.496 e. The van der Waals surface area contributed by atoms with Crippen LogP contribution in [0.2, 0.25) is 0 Å². The molecule has 7 heteroatoms. The van der Waals surface area contributed by atoms with Gasteiger partial charge in [0.2, 0.25) is 5.91 Å². The molecule has 2 N–H and O–H groups in total. The average molecular weight is 394 g/mol. The van der Waals surface area contributed by atoms with E-state index in [0.29, 0.717) is 17.9 Å². The van der Waals surface area contributed by atoms with Gasteiger partial charge < -0.3 is 15.4 Å². The molecule has 1 atom stereocenters. The van der Waals surface area contributed by atoms with Crippen molar-refractivity contribution in [1.82, 2.24) is 4.90 Å². The first kappa shape index (κ1) is 20.9. The van der Waals surface area contributed by atoms with E-state index in [4.69, 9.17) is 10.5 Å². The molecule has 1 aromatic carbocycles. The smallest absolute Gasteiger partial charge is 0.223 e. The molecule has 0 aliphatic carbocycles. The Labute approximate surface area is 145 Å². The van der Waals surface area contributed by atoms with Gasteiger partial charge in [-0.1, -0.05) is 15.9 Å². The molecule has 5 nitrogen and oxygen atoms in total. The minimum atomic E-state index is -0.115. The van der Waals surface area contributed by atoms with Gasteiger partial charge in [0.1, 0.15) is 5.75 Å². The monoisotopic (exact) mass is 392 g/mol. The molecular weight excluding hydrogens is 372 g/mol. The van der Waals surface area contributed by atoms with E-state index < -0.39 is 0 Å². The van der Waals surface area contributed by atoms with Crippen LogP contribution < -0.4 is 10.5 Å². The van der Waals surface area contributed by atoms with Gasteiger partial charge in [-0.05, 0) is 25.1 Å². The van der Waals surface area contributed by atoms with Crippen LogP contribution in [0.25, 0.3) is 0 Å². The lowest BCUT2D eigenvalue weighted by atomic mass is 10.0. The molecule has 0 aliphatic rings. The Morgan fingerprint density at radius 2 is 2.00 bits per heavy atom. The Morgan fingerprint density at radius 3 is 2.55 bits per heavy atom. The van der Waals surface area contributed by atoms with Crippen molar-refractivity contribution in [1.29, 1.82) is 0 Å². The predicted octanol–water partition coefficient (Wildman–Crippen LogP) is 2.65. The number of benzene rings is 1. The van der Waals surface area contributed by atoms with Gasteiger partial charge in [0.25, 0.3) is 0 Å². The molecule has 0 saturated carbocycles. The molecule has 0 radical (unpaired) electrons. The van der Waals surface area contributed by atoms with Crippen molar-refractivity contribution in [3.63, 3.8) is 0 Å². The normalized spacial score (nSPS) is 11.3. The fourth-order valence-electron chi connectivity index (χ4n) is 1.83. The molecule has 0 heterocycles. The second-order valence-electron chi connectivity index (χ2n) is 4.86. The number of hydrogen-bond acceptors (Lipinski definition) is 4. The minimum absolute atomic E-state index is 0. The third kappa shape index (κ3) is 5.59. The molecule has 0 bridgehead atoms. The Bertz CT molecular complexity index is 526. The Kier molecular flexibility index (Phi) is 9.32. The number of ether oxygens (including phenoxy) is 1. The molecule has 0 aliphatic heterocycles. The average Bonchev–Trinajstić information content (AvgIpc) is 2.50. The lowest BCUT2D eigenvalue weighted by molar-refractivity contribution is -0.131. The van der Waals surface area contributed by atoms with Crippen molar-refractivity contribution >= 4 is 40.0 Å². The second kappa shape index (κ2) is 9.82. The maximum absolute atomic E-state index is 12.2. The van der Waals surface area contributed by atoms with Gasteiger partial charge in [0, 0.05) is 36.9 Å². The van der Waals surface area contributed by atoms with Crippen LogP contribution in [-0.4, -0.2) is 43.3 Å². The van der Waals surface area contributed by atoms with Crippen LogP contribution in [0, 0.1) is 0 Å². The summed E-state index contributed by atoms with van der Waals surface area (Å²) < 4.78 is 5.98. The van der Waals surface area contributed by atoms with Crippen LogP contribution in [0.15, 0.2) is 22.7 Å². The maximum atomic E-state index is 12.2. The van der Waals surface area contributed by atoms with Gasteiger partial charge in [0.15, 0.2) is 5.78 Å². The lowest BCUT2D eigenvalue weighted by Gasteiger charge is -2.23. The fraction of sp³-hybridized carbons (Fsp3) is 0.467. The summed E-state index contributed by atoms with van der Waals surface area (Å²) in [6.45, 7) is 2.27. The van der Waals surface area contributed by atoms with E-state index in [1.807, 2.05) is 6.92 Å². The van der Waals surface area contributed by atoms with Gasteiger partial charge in [-0.25, -0.2) is 0 Å². The van der Waals surface area contributed by atoms with E-state index in [1.54, 1.807) is 30.1 Å². The highest BCUT2D eigenvalue weighted by molar-refractivity contribution is 9.10. The molecule has 124 valence electrons. The van der Waals surface area contributed by atoms with E-state index in [9.17, 15) is 9.59 Å². The van der Waals surface area contributed by atoms with Gasteiger partial charge >= 0.3 is 0 Å². The van der Waals surface area contributed by atoms with Gasteiger partial charge in [-0.15, -0.1) is 12.4 Å². The first-order valence-electron chi connectivity index (χ1n) is 6.73. The fourth-order valence-corrected chi connectivity index (χ4v) is 2.19. The number of nitrogens with zero attached hydrogens (tertiary/aromatic N) is 1. The summed E-state index contributed by atoms with van der Waals surface area (Å²) in [4.78, 5) is 25.8. The van der Waals surface area contributed by atoms with Crippen LogP contribution in [0.1, 0.15) is 30.1 Å². The summed E-state index contributed by atoms with van der Waals surface area (Å²) >= 11 is 3.33. The van der Waals surface area contributed by atoms with E-state index in [0.717, 1.165) is 4.47 Å². The van der Waals surface area contributed by atoms with Crippen molar-refractivity contribution in [2.24, 2.45) is 5.73 Å². The topological polar surface area (TPSA) is 72.6 Å². The highest BCUT2D eigenvalue weighted by Gasteiger charge is 2.18. The highest BCUT2D eigenvalue weighted by atomic mass is 79.9. The minimum Gasteiger partial charge on any atom is -0.496 e. The summed E-state index contributed by atoms with van der Waals surface area (Å²) in [5.74, 6) is 0.310. The van der Waals surface area contributed by atoms with E-state index >= 15 is 0 Å². The molecule has 0 fully saturated rings. The summed E-state index contributed by atoms with van der Waals surface area (Å²) in [6.07, 6.45) is 0.308. The van der Waals surface area contributed by atoms with Crippen molar-refractivity contribution in [3.05, 3.63) is 28.2 Å². The highest BCUT2D eigenvalue weighted by Crippen LogP contribution is 2.24. The number of hydrogen-bond donors (Lipinski definition) is 1. The molecule has 1 rings (SSSR count). The second-order valence-corrected chi connectivity index (χ2v) is 5.77. The number of carbonyl (C=O) groups excluding carboxylic acids is 2. The molecule has 1 unspecified atom stereocenters. The number of nitrogens with two attached hydrogens (primary N) is 1. The summed E-state index contributed by atoms with van der Waals surface area (Å²) in [6, 6.07) is 5.20. The Hall–Kier alpha value is -1.11. The number of halogens is 2.